The van der Waals surface area contributed by atoms with Crippen LogP contribution in [0.25, 0.3) is 0 Å². The van der Waals surface area contributed by atoms with Crippen LogP contribution >= 0.6 is 11.6 Å². The van der Waals surface area contributed by atoms with Gasteiger partial charge in [-0.1, -0.05) is 11.6 Å². The standard InChI is InChI=1S/C17H24ClN3O4/c1-24-16(22)6-7-21(9-8-20-10-12-25-13-11-20)17(23)19-15-4-2-14(18)3-5-15/h2-5H,6-13H2,1H3,(H,19,23). The molecule has 1 fully saturated rings. The molecule has 0 saturated carbocycles. The van der Waals surface area contributed by atoms with E-state index in [1.54, 1.807) is 29.2 Å². The molecule has 0 aliphatic carbocycles. The van der Waals surface area contributed by atoms with Crippen molar-refractivity contribution in [2.24, 2.45) is 0 Å². The molecule has 138 valence electrons. The third-order valence-electron chi connectivity index (χ3n) is 3.99. The average molecular weight is 370 g/mol. The van der Waals surface area contributed by atoms with Gasteiger partial charge in [0.15, 0.2) is 0 Å². The van der Waals surface area contributed by atoms with Gasteiger partial charge in [0.05, 0.1) is 26.7 Å². The fourth-order valence-electron chi connectivity index (χ4n) is 2.47. The van der Waals surface area contributed by atoms with E-state index >= 15 is 0 Å². The van der Waals surface area contributed by atoms with E-state index in [2.05, 4.69) is 15.0 Å². The number of esters is 1. The molecule has 1 aromatic rings. The van der Waals surface area contributed by atoms with Crippen molar-refractivity contribution in [2.45, 2.75) is 6.42 Å². The molecule has 0 bridgehead atoms. The van der Waals surface area contributed by atoms with Crippen molar-refractivity contribution in [3.63, 3.8) is 0 Å². The maximum Gasteiger partial charge on any atom is 0.321 e. The van der Waals surface area contributed by atoms with Crippen LogP contribution < -0.4 is 5.32 Å². The molecule has 25 heavy (non-hydrogen) atoms. The Labute approximate surface area is 152 Å². The fourth-order valence-corrected chi connectivity index (χ4v) is 2.59. The minimum absolute atomic E-state index is 0.160. The third kappa shape index (κ3) is 6.89. The highest BCUT2D eigenvalue weighted by Crippen LogP contribution is 2.14. The van der Waals surface area contributed by atoms with Crippen LogP contribution in [0.2, 0.25) is 5.02 Å². The maximum atomic E-state index is 12.6. The molecule has 0 unspecified atom stereocenters. The van der Waals surface area contributed by atoms with Crippen molar-refractivity contribution in [3.8, 4) is 0 Å². The molecular formula is C17H24ClN3O4. The van der Waals surface area contributed by atoms with Crippen LogP contribution in [0, 0.1) is 0 Å². The second kappa shape index (κ2) is 10.2. The zero-order valence-electron chi connectivity index (χ0n) is 14.4. The molecule has 0 aromatic heterocycles. The van der Waals surface area contributed by atoms with Gasteiger partial charge in [0.1, 0.15) is 0 Å². The summed E-state index contributed by atoms with van der Waals surface area (Å²) in [6.07, 6.45) is 0.160. The number of hydrogen-bond acceptors (Lipinski definition) is 5. The molecule has 7 nitrogen and oxygen atoms in total. The number of amides is 2. The van der Waals surface area contributed by atoms with Gasteiger partial charge in [0.25, 0.3) is 0 Å². The van der Waals surface area contributed by atoms with Crippen molar-refractivity contribution in [3.05, 3.63) is 29.3 Å². The number of nitrogens with zero attached hydrogens (tertiary/aromatic N) is 2. The van der Waals surface area contributed by atoms with Gasteiger partial charge in [-0.25, -0.2) is 4.79 Å². The van der Waals surface area contributed by atoms with Gasteiger partial charge in [-0.3, -0.25) is 9.69 Å². The Morgan fingerprint density at radius 2 is 1.92 bits per heavy atom. The second-order valence-corrected chi connectivity index (χ2v) is 6.14. The first-order valence-corrected chi connectivity index (χ1v) is 8.64. The molecule has 1 aliphatic rings. The largest absolute Gasteiger partial charge is 0.469 e. The molecule has 2 rings (SSSR count). The first-order chi connectivity index (χ1) is 12.1. The lowest BCUT2D eigenvalue weighted by molar-refractivity contribution is -0.140. The Bertz CT molecular complexity index is 562. The molecule has 1 aromatic carbocycles. The van der Waals surface area contributed by atoms with Gasteiger partial charge < -0.3 is 19.7 Å². The van der Waals surface area contributed by atoms with Gasteiger partial charge in [0.2, 0.25) is 0 Å². The summed E-state index contributed by atoms with van der Waals surface area (Å²) >= 11 is 5.86. The Balaban J connectivity index is 1.92. The number of urea groups is 1. The normalized spacial score (nSPS) is 14.8. The maximum absolute atomic E-state index is 12.6. The average Bonchev–Trinajstić information content (AvgIpc) is 2.64. The number of carbonyl (C=O) groups is 2. The summed E-state index contributed by atoms with van der Waals surface area (Å²) in [6, 6.07) is 6.65. The Kier molecular flexibility index (Phi) is 7.97. The number of ether oxygens (including phenoxy) is 2. The van der Waals surface area contributed by atoms with E-state index in [0.717, 1.165) is 19.6 Å². The van der Waals surface area contributed by atoms with Gasteiger partial charge in [-0.15, -0.1) is 0 Å². The monoisotopic (exact) mass is 369 g/mol. The van der Waals surface area contributed by atoms with Crippen molar-refractivity contribution < 1.29 is 19.1 Å². The highest BCUT2D eigenvalue weighted by molar-refractivity contribution is 6.30. The van der Waals surface area contributed by atoms with E-state index in [9.17, 15) is 9.59 Å². The van der Waals surface area contributed by atoms with Gasteiger partial charge in [-0.2, -0.15) is 0 Å². The SMILES string of the molecule is COC(=O)CCN(CCN1CCOCC1)C(=O)Nc1ccc(Cl)cc1. The molecule has 0 atom stereocenters. The predicted molar refractivity (Wildman–Crippen MR) is 95.9 cm³/mol. The smallest absolute Gasteiger partial charge is 0.321 e. The number of benzene rings is 1. The van der Waals surface area contributed by atoms with Crippen LogP contribution in [0.3, 0.4) is 0 Å². The second-order valence-electron chi connectivity index (χ2n) is 5.70. The summed E-state index contributed by atoms with van der Waals surface area (Å²) < 4.78 is 10.00. The van der Waals surface area contributed by atoms with Crippen molar-refractivity contribution in [1.29, 1.82) is 0 Å². The molecule has 1 N–H and O–H groups in total. The molecule has 1 saturated heterocycles. The number of nitrogens with one attached hydrogen (secondary N) is 1. The van der Waals surface area contributed by atoms with E-state index in [1.165, 1.54) is 7.11 Å². The van der Waals surface area contributed by atoms with Gasteiger partial charge in [-0.05, 0) is 24.3 Å². The third-order valence-corrected chi connectivity index (χ3v) is 4.24. The molecule has 1 heterocycles. The topological polar surface area (TPSA) is 71.1 Å². The lowest BCUT2D eigenvalue weighted by atomic mass is 10.3. The summed E-state index contributed by atoms with van der Waals surface area (Å²) in [4.78, 5) is 27.8. The number of morpholine rings is 1. The molecule has 1 aliphatic heterocycles. The van der Waals surface area contributed by atoms with Crippen LogP contribution in [0.5, 0.6) is 0 Å². The van der Waals surface area contributed by atoms with Crippen LogP contribution in [0.4, 0.5) is 10.5 Å². The quantitative estimate of drug-likeness (QED) is 0.745. The van der Waals surface area contributed by atoms with E-state index < -0.39 is 0 Å². The minimum Gasteiger partial charge on any atom is -0.469 e. The minimum atomic E-state index is -0.337. The summed E-state index contributed by atoms with van der Waals surface area (Å²) in [5, 5.41) is 3.44. The highest BCUT2D eigenvalue weighted by atomic mass is 35.5. The van der Waals surface area contributed by atoms with Crippen LogP contribution in [-0.2, 0) is 14.3 Å². The lowest BCUT2D eigenvalue weighted by Gasteiger charge is -2.30. The number of carbonyl (C=O) groups excluding carboxylic acids is 2. The summed E-state index contributed by atoms with van der Waals surface area (Å²) in [7, 11) is 1.34. The van der Waals surface area contributed by atoms with Gasteiger partial charge in [0, 0.05) is 43.4 Å². The predicted octanol–water partition coefficient (Wildman–Crippen LogP) is 2.07. The number of hydrogen-bond donors (Lipinski definition) is 1. The zero-order valence-corrected chi connectivity index (χ0v) is 15.1. The van der Waals surface area contributed by atoms with Crippen LogP contribution in [-0.4, -0.2) is 74.8 Å². The van der Waals surface area contributed by atoms with Crippen LogP contribution in [0.1, 0.15) is 6.42 Å². The van der Waals surface area contributed by atoms with Crippen molar-refractivity contribution in [2.75, 3.05) is 58.4 Å². The van der Waals surface area contributed by atoms with Crippen LogP contribution in [0.15, 0.2) is 24.3 Å². The summed E-state index contributed by atoms with van der Waals surface area (Å²) in [5.41, 5.74) is 0.656. The molecule has 0 radical (unpaired) electrons. The van der Waals surface area contributed by atoms with E-state index in [0.29, 0.717) is 37.0 Å². The summed E-state index contributed by atoms with van der Waals surface area (Å²) in [6.45, 7) is 4.68. The first kappa shape index (κ1) is 19.5. The Hall–Kier alpha value is -1.83. The number of halogens is 1. The van der Waals surface area contributed by atoms with Crippen molar-refractivity contribution >= 4 is 29.3 Å². The van der Waals surface area contributed by atoms with E-state index in [4.69, 9.17) is 16.3 Å². The molecule has 2 amide bonds. The van der Waals surface area contributed by atoms with Gasteiger partial charge >= 0.3 is 12.0 Å². The van der Waals surface area contributed by atoms with E-state index in [1.807, 2.05) is 0 Å². The Morgan fingerprint density at radius 3 is 2.56 bits per heavy atom. The molecule has 8 heteroatoms. The summed E-state index contributed by atoms with van der Waals surface area (Å²) in [5.74, 6) is -0.337. The first-order valence-electron chi connectivity index (χ1n) is 8.27. The Morgan fingerprint density at radius 1 is 1.24 bits per heavy atom. The highest BCUT2D eigenvalue weighted by Gasteiger charge is 2.18. The molecule has 0 spiro atoms. The fraction of sp³-hybridized carbons (Fsp3) is 0.529. The van der Waals surface area contributed by atoms with E-state index in [-0.39, 0.29) is 18.4 Å². The lowest BCUT2D eigenvalue weighted by Crippen LogP contribution is -2.44. The van der Waals surface area contributed by atoms with Crippen molar-refractivity contribution in [1.82, 2.24) is 9.80 Å². The zero-order chi connectivity index (χ0) is 18.1. The number of rotatable bonds is 7. The number of methoxy groups -OCH3 is 1. The number of anilines is 1. The molecular weight excluding hydrogens is 346 g/mol.